The molecule has 0 atom stereocenters. The van der Waals surface area contributed by atoms with E-state index in [2.05, 4.69) is 23.0 Å². The van der Waals surface area contributed by atoms with E-state index in [0.29, 0.717) is 0 Å². The predicted molar refractivity (Wildman–Crippen MR) is 27.4 cm³/mol. The van der Waals surface area contributed by atoms with Crippen LogP contribution in [0.4, 0.5) is 4.79 Å². The summed E-state index contributed by atoms with van der Waals surface area (Å²) in [7, 11) is 4.84. The van der Waals surface area contributed by atoms with Crippen LogP contribution >= 0.6 is 15.9 Å². The third-order valence-electron chi connectivity index (χ3n) is 0.300. The maximum atomic E-state index is 9.92. The van der Waals surface area contributed by atoms with Gasteiger partial charge in [-0.15, -0.1) is 0 Å². The van der Waals surface area contributed by atoms with Gasteiger partial charge in [0.1, 0.15) is 0 Å². The van der Waals surface area contributed by atoms with Crippen molar-refractivity contribution in [2.45, 2.75) is 0 Å². The summed E-state index contributed by atoms with van der Waals surface area (Å²) in [6.07, 6.45) is 0. The number of carbonyl (C=O) groups excluding carboxylic acids is 1. The second kappa shape index (κ2) is 6.13. The summed E-state index contributed by atoms with van der Waals surface area (Å²) in [5, 5.41) is 0. The van der Waals surface area contributed by atoms with Crippen molar-refractivity contribution in [3.05, 3.63) is 7.05 Å². The van der Waals surface area contributed by atoms with Gasteiger partial charge >= 0.3 is 68.9 Å². The Hall–Kier alpha value is 2.00. The van der Waals surface area contributed by atoms with E-state index in [1.807, 2.05) is 0 Å². The average Bonchev–Trinajstić information content (AvgIpc) is 1.36. The van der Waals surface area contributed by atoms with Crippen molar-refractivity contribution in [3.63, 3.8) is 0 Å². The molecule has 7 heavy (non-hydrogen) atoms. The normalized spacial score (nSPS) is 6.71. The van der Waals surface area contributed by atoms with Crippen LogP contribution in [0.3, 0.4) is 0 Å². The van der Waals surface area contributed by atoms with Crippen molar-refractivity contribution in [2.24, 2.45) is 0 Å². The molecule has 0 bridgehead atoms. The van der Waals surface area contributed by atoms with Gasteiger partial charge in [0.15, 0.2) is 0 Å². The zero-order valence-corrected chi connectivity index (χ0v) is 12.3. The van der Waals surface area contributed by atoms with Crippen molar-refractivity contribution in [2.75, 3.05) is 7.05 Å². The van der Waals surface area contributed by atoms with Gasteiger partial charge < -0.3 is 4.90 Å². The quantitative estimate of drug-likeness (QED) is 0.293. The van der Waals surface area contributed by atoms with E-state index in [1.165, 1.54) is 4.90 Å². The van der Waals surface area contributed by atoms with Gasteiger partial charge in [0.05, 0.1) is 0 Å². The summed E-state index contributed by atoms with van der Waals surface area (Å²) >= 11 is 2.66. The van der Waals surface area contributed by atoms with Crippen LogP contribution in [0.15, 0.2) is 0 Å². The molecule has 0 aliphatic carbocycles. The minimum Gasteiger partial charge on any atom is -0.488 e. The first-order valence-corrected chi connectivity index (χ1v) is 2.17. The van der Waals surface area contributed by atoms with Crippen molar-refractivity contribution < 1.29 is 73.7 Å². The zero-order valence-electron chi connectivity index (χ0n) is 4.44. The van der Waals surface area contributed by atoms with Crippen LogP contribution in [0.5, 0.6) is 0 Å². The molecular weight excluding hydrogens is 279 g/mol. The van der Waals surface area contributed by atoms with Crippen LogP contribution in [0, 0.1) is 7.05 Å². The molecule has 0 aromatic carbocycles. The Morgan fingerprint density at radius 3 is 2.00 bits per heavy atom. The number of carbonyl (C=O) groups is 1. The smallest absolute Gasteiger partial charge is 0.488 e. The third kappa shape index (κ3) is 8.00. The van der Waals surface area contributed by atoms with Gasteiger partial charge in [0.25, 0.3) is 4.82 Å². The van der Waals surface area contributed by atoms with Crippen LogP contribution in [0.25, 0.3) is 0 Å². The van der Waals surface area contributed by atoms with Gasteiger partial charge in [-0.25, -0.2) is 0 Å². The Morgan fingerprint density at radius 2 is 2.00 bits per heavy atom. The zero-order chi connectivity index (χ0) is 5.15. The Balaban J connectivity index is 0. The maximum absolute atomic E-state index is 9.92. The Bertz CT molecular complexity index is 66.0. The molecule has 2 nitrogen and oxygen atoms in total. The Labute approximate surface area is 111 Å². The first-order chi connectivity index (χ1) is 2.64. The van der Waals surface area contributed by atoms with E-state index in [4.69, 9.17) is 0 Å². The first-order valence-electron chi connectivity index (χ1n) is 1.38. The summed E-state index contributed by atoms with van der Waals surface area (Å²) in [5.74, 6) is 0. The maximum Gasteiger partial charge on any atom is 1.00 e. The number of rotatable bonds is 0. The van der Waals surface area contributed by atoms with Crippen molar-refractivity contribution in [1.29, 1.82) is 0 Å². The third-order valence-corrected chi connectivity index (χ3v) is 0.906. The predicted octanol–water partition coefficient (Wildman–Crippen LogP) is -1.77. The molecule has 1 amide bonds. The molecule has 0 heterocycles. The number of hydrogen-bond acceptors (Lipinski definition) is 1. The molecular formula is C3H5BrCsNO. The van der Waals surface area contributed by atoms with Gasteiger partial charge in [0.2, 0.25) is 0 Å². The first kappa shape index (κ1) is 11.8. The summed E-state index contributed by atoms with van der Waals surface area (Å²) in [6.45, 7) is 0. The van der Waals surface area contributed by atoms with Gasteiger partial charge in [0, 0.05) is 15.9 Å². The minimum absolute atomic E-state index is 0. The fourth-order valence-corrected chi connectivity index (χ4v) is 0. The van der Waals surface area contributed by atoms with E-state index in [1.54, 1.807) is 7.05 Å². The SMILES string of the molecule is [CH2-]N(C)C(=O)Br.[Cs+]. The summed E-state index contributed by atoms with van der Waals surface area (Å²) in [6, 6.07) is 0. The number of nitrogens with zero attached hydrogens (tertiary/aromatic N) is 1. The largest absolute Gasteiger partial charge is 1.00 e. The standard InChI is InChI=1S/C3H5BrNO.Cs/c1-5(2)3(4)6;/h1H2,2H3;/q-1;+1. The molecule has 0 fully saturated rings. The van der Waals surface area contributed by atoms with E-state index < -0.39 is 0 Å². The molecule has 0 saturated heterocycles. The number of halogens is 1. The van der Waals surface area contributed by atoms with Crippen LogP contribution in [-0.4, -0.2) is 16.8 Å². The van der Waals surface area contributed by atoms with Crippen LogP contribution in [0.1, 0.15) is 0 Å². The average molecular weight is 284 g/mol. The van der Waals surface area contributed by atoms with Crippen molar-refractivity contribution >= 4 is 20.7 Å². The molecule has 0 unspecified atom stereocenters. The van der Waals surface area contributed by atoms with Crippen LogP contribution in [0.2, 0.25) is 0 Å². The van der Waals surface area contributed by atoms with Gasteiger partial charge in [-0.3, -0.25) is 11.8 Å². The molecule has 0 radical (unpaired) electrons. The van der Waals surface area contributed by atoms with Gasteiger partial charge in [-0.05, 0) is 7.05 Å². The fourth-order valence-electron chi connectivity index (χ4n) is 0. The second-order valence-electron chi connectivity index (χ2n) is 0.951. The Morgan fingerprint density at radius 1 is 1.86 bits per heavy atom. The van der Waals surface area contributed by atoms with E-state index in [0.717, 1.165) is 0 Å². The summed E-state index contributed by atoms with van der Waals surface area (Å²) < 4.78 is 0. The second-order valence-corrected chi connectivity index (χ2v) is 1.63. The molecule has 0 saturated carbocycles. The van der Waals surface area contributed by atoms with E-state index in [-0.39, 0.29) is 73.7 Å². The van der Waals surface area contributed by atoms with Crippen molar-refractivity contribution in [1.82, 2.24) is 4.90 Å². The fraction of sp³-hybridized carbons (Fsp3) is 0.333. The van der Waals surface area contributed by atoms with Crippen molar-refractivity contribution in [3.8, 4) is 0 Å². The number of hydrogen-bond donors (Lipinski definition) is 0. The Kier molecular flexibility index (Phi) is 10.3. The monoisotopic (exact) mass is 283 g/mol. The summed E-state index contributed by atoms with van der Waals surface area (Å²) in [4.78, 5) is 10.9. The molecule has 4 heteroatoms. The van der Waals surface area contributed by atoms with E-state index >= 15 is 0 Å². The molecule has 0 aliphatic rings. The minimum atomic E-state index is -0.206. The van der Waals surface area contributed by atoms with Gasteiger partial charge in [-0.2, -0.15) is 0 Å². The molecule has 0 aromatic rings. The molecule has 0 aromatic heterocycles. The molecule has 0 N–H and O–H groups in total. The van der Waals surface area contributed by atoms with Gasteiger partial charge in [-0.1, -0.05) is 0 Å². The number of amides is 1. The molecule has 36 valence electrons. The van der Waals surface area contributed by atoms with E-state index in [9.17, 15) is 4.79 Å². The molecule has 0 rings (SSSR count). The van der Waals surface area contributed by atoms with Crippen LogP contribution in [-0.2, 0) is 0 Å². The molecule has 0 spiro atoms. The topological polar surface area (TPSA) is 20.3 Å². The van der Waals surface area contributed by atoms with Crippen LogP contribution < -0.4 is 68.9 Å². The molecule has 0 aliphatic heterocycles. The summed E-state index contributed by atoms with van der Waals surface area (Å²) in [5.41, 5.74) is 0.